The summed E-state index contributed by atoms with van der Waals surface area (Å²) in [6, 6.07) is 5.13. The van der Waals surface area contributed by atoms with Gasteiger partial charge in [0.05, 0.1) is 6.42 Å². The van der Waals surface area contributed by atoms with Crippen LogP contribution in [0.1, 0.15) is 30.9 Å². The van der Waals surface area contributed by atoms with Gasteiger partial charge in [-0.15, -0.1) is 0 Å². The number of carbonyl (C=O) groups excluding carboxylic acids is 1. The highest BCUT2D eigenvalue weighted by molar-refractivity contribution is 5.78. The predicted molar refractivity (Wildman–Crippen MR) is 69.1 cm³/mol. The Morgan fingerprint density at radius 3 is 2.71 bits per heavy atom. The first-order valence-electron chi connectivity index (χ1n) is 6.07. The molecule has 1 aromatic carbocycles. The van der Waals surface area contributed by atoms with Crippen molar-refractivity contribution in [3.63, 3.8) is 0 Å². The van der Waals surface area contributed by atoms with Gasteiger partial charge >= 0.3 is 0 Å². The summed E-state index contributed by atoms with van der Waals surface area (Å²) in [5.41, 5.74) is 1.94. The van der Waals surface area contributed by atoms with E-state index in [0.717, 1.165) is 30.5 Å². The Hall–Kier alpha value is -1.51. The number of benzene rings is 1. The zero-order valence-corrected chi connectivity index (χ0v) is 10.9. The molecule has 17 heavy (non-hydrogen) atoms. The van der Waals surface area contributed by atoms with Crippen LogP contribution in [0.5, 0.6) is 5.75 Å². The van der Waals surface area contributed by atoms with Crippen molar-refractivity contribution in [2.45, 2.75) is 33.1 Å². The lowest BCUT2D eigenvalue weighted by Gasteiger charge is -2.17. The Balaban J connectivity index is 2.61. The molecular formula is C14H21NO2. The highest BCUT2D eigenvalue weighted by atomic mass is 16.3. The number of hydrogen-bond donors (Lipinski definition) is 1. The van der Waals surface area contributed by atoms with Gasteiger partial charge in [0.1, 0.15) is 5.75 Å². The van der Waals surface area contributed by atoms with Crippen LogP contribution in [0, 0.1) is 6.92 Å². The molecule has 3 heteroatoms. The van der Waals surface area contributed by atoms with Crippen LogP contribution in [0.3, 0.4) is 0 Å². The van der Waals surface area contributed by atoms with Crippen molar-refractivity contribution in [1.82, 2.24) is 4.90 Å². The molecule has 0 saturated heterocycles. The van der Waals surface area contributed by atoms with Crippen LogP contribution in [0.4, 0.5) is 0 Å². The van der Waals surface area contributed by atoms with Crippen molar-refractivity contribution in [3.05, 3.63) is 29.3 Å². The van der Waals surface area contributed by atoms with E-state index >= 15 is 0 Å². The molecule has 0 radical (unpaired) electrons. The topological polar surface area (TPSA) is 40.5 Å². The van der Waals surface area contributed by atoms with E-state index in [0.29, 0.717) is 6.42 Å². The molecule has 0 atom stereocenters. The minimum absolute atomic E-state index is 0.132. The van der Waals surface area contributed by atoms with Gasteiger partial charge in [0.2, 0.25) is 5.91 Å². The summed E-state index contributed by atoms with van der Waals surface area (Å²) >= 11 is 0. The number of unbranched alkanes of at least 4 members (excludes halogenated alkanes) is 1. The minimum Gasteiger partial charge on any atom is -0.508 e. The Bertz CT molecular complexity index is 388. The van der Waals surface area contributed by atoms with Gasteiger partial charge in [0.25, 0.3) is 0 Å². The molecule has 94 valence electrons. The van der Waals surface area contributed by atoms with Crippen LogP contribution in [-0.2, 0) is 11.2 Å². The molecule has 1 N–H and O–H groups in total. The summed E-state index contributed by atoms with van der Waals surface area (Å²) in [6.07, 6.45) is 2.54. The molecule has 0 aliphatic rings. The zero-order chi connectivity index (χ0) is 12.8. The third kappa shape index (κ3) is 4.10. The second kappa shape index (κ2) is 6.28. The van der Waals surface area contributed by atoms with Gasteiger partial charge < -0.3 is 10.0 Å². The molecule has 0 saturated carbocycles. The number of aromatic hydroxyl groups is 1. The van der Waals surface area contributed by atoms with Crippen LogP contribution >= 0.6 is 0 Å². The molecule has 0 aromatic heterocycles. The number of aryl methyl sites for hydroxylation is 1. The van der Waals surface area contributed by atoms with Crippen molar-refractivity contribution >= 4 is 5.91 Å². The van der Waals surface area contributed by atoms with Crippen LogP contribution in [0.25, 0.3) is 0 Å². The number of hydrogen-bond acceptors (Lipinski definition) is 2. The molecular weight excluding hydrogens is 214 g/mol. The van der Waals surface area contributed by atoms with E-state index in [1.54, 1.807) is 17.0 Å². The van der Waals surface area contributed by atoms with Gasteiger partial charge in [0.15, 0.2) is 0 Å². The SMILES string of the molecule is CCCCN(C)C(=O)Cc1ccc(O)cc1C. The molecule has 1 amide bonds. The Labute approximate surface area is 103 Å². The van der Waals surface area contributed by atoms with Crippen LogP contribution in [-0.4, -0.2) is 29.5 Å². The minimum atomic E-state index is 0.132. The van der Waals surface area contributed by atoms with Crippen molar-refractivity contribution in [1.29, 1.82) is 0 Å². The Morgan fingerprint density at radius 1 is 1.41 bits per heavy atom. The standard InChI is InChI=1S/C14H21NO2/c1-4-5-8-15(3)14(17)10-12-6-7-13(16)9-11(12)2/h6-7,9,16H,4-5,8,10H2,1-3H3. The molecule has 0 unspecified atom stereocenters. The lowest BCUT2D eigenvalue weighted by Crippen LogP contribution is -2.29. The molecule has 0 aliphatic heterocycles. The van der Waals surface area contributed by atoms with Gasteiger partial charge in [-0.1, -0.05) is 19.4 Å². The van der Waals surface area contributed by atoms with Gasteiger partial charge in [-0.05, 0) is 36.6 Å². The van der Waals surface area contributed by atoms with Gasteiger partial charge in [0, 0.05) is 13.6 Å². The number of carbonyl (C=O) groups is 1. The summed E-state index contributed by atoms with van der Waals surface area (Å²) in [6.45, 7) is 4.84. The van der Waals surface area contributed by atoms with E-state index in [1.807, 2.05) is 20.0 Å². The highest BCUT2D eigenvalue weighted by Crippen LogP contribution is 2.16. The summed E-state index contributed by atoms with van der Waals surface area (Å²) in [5, 5.41) is 9.30. The number of likely N-dealkylation sites (N-methyl/N-ethyl adjacent to an activating group) is 1. The number of nitrogens with zero attached hydrogens (tertiary/aromatic N) is 1. The van der Waals surface area contributed by atoms with Gasteiger partial charge in [-0.2, -0.15) is 0 Å². The maximum absolute atomic E-state index is 11.9. The predicted octanol–water partition coefficient (Wildman–Crippen LogP) is 2.50. The quantitative estimate of drug-likeness (QED) is 0.852. The van der Waals surface area contributed by atoms with E-state index in [1.165, 1.54) is 0 Å². The first kappa shape index (κ1) is 13.6. The fourth-order valence-corrected chi connectivity index (χ4v) is 1.70. The smallest absolute Gasteiger partial charge is 0.226 e. The normalized spacial score (nSPS) is 10.3. The summed E-state index contributed by atoms with van der Waals surface area (Å²) in [5.74, 6) is 0.380. The van der Waals surface area contributed by atoms with Crippen molar-refractivity contribution in [2.75, 3.05) is 13.6 Å². The van der Waals surface area contributed by atoms with Crippen molar-refractivity contribution < 1.29 is 9.90 Å². The van der Waals surface area contributed by atoms with E-state index < -0.39 is 0 Å². The van der Waals surface area contributed by atoms with Crippen LogP contribution < -0.4 is 0 Å². The zero-order valence-electron chi connectivity index (χ0n) is 10.9. The third-order valence-corrected chi connectivity index (χ3v) is 2.94. The third-order valence-electron chi connectivity index (χ3n) is 2.94. The average Bonchev–Trinajstić information content (AvgIpc) is 2.29. The maximum Gasteiger partial charge on any atom is 0.226 e. The lowest BCUT2D eigenvalue weighted by molar-refractivity contribution is -0.129. The van der Waals surface area contributed by atoms with Gasteiger partial charge in [-0.3, -0.25) is 4.79 Å². The van der Waals surface area contributed by atoms with Crippen molar-refractivity contribution in [3.8, 4) is 5.75 Å². The number of rotatable bonds is 5. The molecule has 1 aromatic rings. The first-order valence-corrected chi connectivity index (χ1v) is 6.07. The fraction of sp³-hybridized carbons (Fsp3) is 0.500. The maximum atomic E-state index is 11.9. The van der Waals surface area contributed by atoms with Gasteiger partial charge in [-0.25, -0.2) is 0 Å². The van der Waals surface area contributed by atoms with Crippen molar-refractivity contribution in [2.24, 2.45) is 0 Å². The Kier molecular flexibility index (Phi) is 5.01. The van der Waals surface area contributed by atoms with E-state index in [2.05, 4.69) is 6.92 Å². The number of phenolic OH excluding ortho intramolecular Hbond substituents is 1. The number of phenols is 1. The molecule has 0 heterocycles. The highest BCUT2D eigenvalue weighted by Gasteiger charge is 2.10. The van der Waals surface area contributed by atoms with E-state index in [9.17, 15) is 9.90 Å². The molecule has 0 aliphatic carbocycles. The first-order chi connectivity index (χ1) is 8.04. The second-order valence-electron chi connectivity index (χ2n) is 4.46. The largest absolute Gasteiger partial charge is 0.508 e. The second-order valence-corrected chi connectivity index (χ2v) is 4.46. The molecule has 1 rings (SSSR count). The molecule has 0 spiro atoms. The van der Waals surface area contributed by atoms with E-state index in [4.69, 9.17) is 0 Å². The van der Waals surface area contributed by atoms with Crippen LogP contribution in [0.15, 0.2) is 18.2 Å². The summed E-state index contributed by atoms with van der Waals surface area (Å²) in [4.78, 5) is 13.7. The molecule has 0 fully saturated rings. The average molecular weight is 235 g/mol. The van der Waals surface area contributed by atoms with E-state index in [-0.39, 0.29) is 11.7 Å². The molecule has 0 bridgehead atoms. The van der Waals surface area contributed by atoms with Crippen LogP contribution in [0.2, 0.25) is 0 Å². The summed E-state index contributed by atoms with van der Waals surface area (Å²) < 4.78 is 0. The number of amides is 1. The lowest BCUT2D eigenvalue weighted by atomic mass is 10.0. The molecule has 3 nitrogen and oxygen atoms in total. The fourth-order valence-electron chi connectivity index (χ4n) is 1.70. The summed E-state index contributed by atoms with van der Waals surface area (Å²) in [7, 11) is 1.84. The Morgan fingerprint density at radius 2 is 2.12 bits per heavy atom. The monoisotopic (exact) mass is 235 g/mol.